The number of nitrogens with zero attached hydrogens (tertiary/aromatic N) is 3. The van der Waals surface area contributed by atoms with Crippen LogP contribution in [-0.2, 0) is 10.9 Å². The molecule has 11 heteroatoms. The molecule has 0 aliphatic carbocycles. The largest absolute Gasteiger partial charge is 0.462 e. The maximum Gasteiger partial charge on any atom is 0.433 e. The average molecular weight is 298 g/mol. The highest BCUT2D eigenvalue weighted by Crippen LogP contribution is 2.34. The third-order valence-electron chi connectivity index (χ3n) is 2.34. The Morgan fingerprint density at radius 3 is 2.55 bits per heavy atom. The molecule has 2 heterocycles. The van der Waals surface area contributed by atoms with Crippen LogP contribution in [0.2, 0.25) is 0 Å². The number of H-pyrrole nitrogens is 1. The third-order valence-corrected chi connectivity index (χ3v) is 2.34. The SMILES string of the molecule is CCOC(=O)c1c(C(F)(F)F)[nH]n2c(C(F)F)nnc12. The number of hydrogen-bond donors (Lipinski definition) is 1. The first-order chi connectivity index (χ1) is 9.27. The van der Waals surface area contributed by atoms with Gasteiger partial charge in [0.2, 0.25) is 5.82 Å². The van der Waals surface area contributed by atoms with E-state index in [9.17, 15) is 26.7 Å². The van der Waals surface area contributed by atoms with E-state index in [1.165, 1.54) is 6.92 Å². The van der Waals surface area contributed by atoms with E-state index in [-0.39, 0.29) is 6.61 Å². The van der Waals surface area contributed by atoms with Crippen LogP contribution < -0.4 is 0 Å². The van der Waals surface area contributed by atoms with Gasteiger partial charge >= 0.3 is 12.1 Å². The zero-order valence-corrected chi connectivity index (χ0v) is 9.83. The lowest BCUT2D eigenvalue weighted by molar-refractivity contribution is -0.141. The maximum absolute atomic E-state index is 12.8. The van der Waals surface area contributed by atoms with Gasteiger partial charge in [-0.3, -0.25) is 5.10 Å². The molecule has 6 nitrogen and oxygen atoms in total. The number of esters is 1. The summed E-state index contributed by atoms with van der Waals surface area (Å²) in [4.78, 5) is 11.6. The summed E-state index contributed by atoms with van der Waals surface area (Å²) in [6.07, 6.45) is -8.11. The van der Waals surface area contributed by atoms with Crippen molar-refractivity contribution in [1.29, 1.82) is 0 Å². The smallest absolute Gasteiger partial charge is 0.433 e. The number of fused-ring (bicyclic) bond motifs is 1. The van der Waals surface area contributed by atoms with Crippen LogP contribution in [-0.4, -0.2) is 32.4 Å². The Hall–Kier alpha value is -2.20. The van der Waals surface area contributed by atoms with Gasteiger partial charge in [0, 0.05) is 0 Å². The van der Waals surface area contributed by atoms with Crippen LogP contribution in [0.15, 0.2) is 0 Å². The van der Waals surface area contributed by atoms with E-state index in [0.29, 0.717) is 4.52 Å². The molecular weight excluding hydrogens is 291 g/mol. The molecule has 110 valence electrons. The number of hydrogen-bond acceptors (Lipinski definition) is 4. The number of ether oxygens (including phenoxy) is 1. The molecule has 0 unspecified atom stereocenters. The molecule has 0 aliphatic rings. The molecule has 0 saturated heterocycles. The minimum absolute atomic E-state index is 0.177. The molecule has 0 aliphatic heterocycles. The summed E-state index contributed by atoms with van der Waals surface area (Å²) in [7, 11) is 0. The van der Waals surface area contributed by atoms with E-state index < -0.39 is 41.3 Å². The van der Waals surface area contributed by atoms with Crippen molar-refractivity contribution in [3.05, 3.63) is 17.1 Å². The number of halogens is 5. The normalized spacial score (nSPS) is 12.3. The predicted octanol–water partition coefficient (Wildman–Crippen LogP) is 2.19. The van der Waals surface area contributed by atoms with Crippen molar-refractivity contribution in [2.75, 3.05) is 6.61 Å². The summed E-state index contributed by atoms with van der Waals surface area (Å²) < 4.78 is 68.4. The van der Waals surface area contributed by atoms with Crippen molar-refractivity contribution in [3.63, 3.8) is 0 Å². The van der Waals surface area contributed by atoms with Gasteiger partial charge in [0.15, 0.2) is 11.3 Å². The lowest BCUT2D eigenvalue weighted by Crippen LogP contribution is -2.14. The monoisotopic (exact) mass is 298 g/mol. The van der Waals surface area contributed by atoms with Crippen LogP contribution in [0, 0.1) is 0 Å². The van der Waals surface area contributed by atoms with E-state index in [4.69, 9.17) is 0 Å². The first-order valence-corrected chi connectivity index (χ1v) is 5.26. The van der Waals surface area contributed by atoms with E-state index >= 15 is 0 Å². The minimum atomic E-state index is -4.96. The molecule has 2 aromatic rings. The van der Waals surface area contributed by atoms with Crippen LogP contribution in [0.5, 0.6) is 0 Å². The highest BCUT2D eigenvalue weighted by Gasteiger charge is 2.41. The summed E-state index contributed by atoms with van der Waals surface area (Å²) in [5.41, 5.74) is -3.15. The summed E-state index contributed by atoms with van der Waals surface area (Å²) in [5, 5.41) is 7.88. The van der Waals surface area contributed by atoms with Crippen molar-refractivity contribution < 1.29 is 31.5 Å². The fourth-order valence-corrected chi connectivity index (χ4v) is 1.59. The standard InChI is InChI=1S/C9H7F5N4O2/c1-2-20-8(19)3-4(9(12,13)14)17-18-6(3)15-16-7(18)5(10)11/h5,17H,2H2,1H3. The van der Waals surface area contributed by atoms with Gasteiger partial charge in [0.25, 0.3) is 6.43 Å². The fraction of sp³-hybridized carbons (Fsp3) is 0.444. The van der Waals surface area contributed by atoms with Gasteiger partial charge in [-0.1, -0.05) is 0 Å². The summed E-state index contributed by atoms with van der Waals surface area (Å²) in [6, 6.07) is 0. The molecule has 0 aromatic carbocycles. The van der Waals surface area contributed by atoms with Gasteiger partial charge in [0.05, 0.1) is 6.61 Å². The Morgan fingerprint density at radius 2 is 2.05 bits per heavy atom. The molecule has 2 rings (SSSR count). The molecule has 0 atom stereocenters. The molecule has 0 fully saturated rings. The second-order valence-corrected chi connectivity index (χ2v) is 3.60. The Balaban J connectivity index is 2.71. The zero-order valence-electron chi connectivity index (χ0n) is 9.83. The first-order valence-electron chi connectivity index (χ1n) is 5.26. The molecule has 1 N–H and O–H groups in total. The summed E-state index contributed by atoms with van der Waals surface area (Å²) in [6.45, 7) is 1.22. The minimum Gasteiger partial charge on any atom is -0.462 e. The first kappa shape index (κ1) is 14.2. The van der Waals surface area contributed by atoms with Gasteiger partial charge in [0.1, 0.15) is 5.56 Å². The lowest BCUT2D eigenvalue weighted by Gasteiger charge is -2.06. The number of aromatic nitrogens is 4. The van der Waals surface area contributed by atoms with Crippen LogP contribution in [0.1, 0.15) is 35.2 Å². The predicted molar refractivity (Wildman–Crippen MR) is 53.3 cm³/mol. The van der Waals surface area contributed by atoms with Gasteiger partial charge < -0.3 is 4.74 Å². The number of aromatic amines is 1. The lowest BCUT2D eigenvalue weighted by atomic mass is 10.2. The van der Waals surface area contributed by atoms with E-state index in [1.54, 1.807) is 5.10 Å². The van der Waals surface area contributed by atoms with Crippen molar-refractivity contribution in [2.24, 2.45) is 0 Å². The number of rotatable bonds is 3. The van der Waals surface area contributed by atoms with Gasteiger partial charge in [-0.25, -0.2) is 18.1 Å². The van der Waals surface area contributed by atoms with Crippen LogP contribution >= 0.6 is 0 Å². The summed E-state index contributed by atoms with van der Waals surface area (Å²) in [5.74, 6) is -2.35. The third kappa shape index (κ3) is 2.18. The summed E-state index contributed by atoms with van der Waals surface area (Å²) >= 11 is 0. The molecule has 0 spiro atoms. The Bertz CT molecular complexity index is 645. The second kappa shape index (κ2) is 4.72. The van der Waals surface area contributed by atoms with Crippen molar-refractivity contribution in [1.82, 2.24) is 19.8 Å². The Morgan fingerprint density at radius 1 is 1.40 bits per heavy atom. The average Bonchev–Trinajstić information content (AvgIpc) is 2.84. The molecule has 0 saturated carbocycles. The molecule has 0 bridgehead atoms. The van der Waals surface area contributed by atoms with E-state index in [1.807, 2.05) is 0 Å². The maximum atomic E-state index is 12.8. The van der Waals surface area contributed by atoms with Gasteiger partial charge in [-0.05, 0) is 6.92 Å². The highest BCUT2D eigenvalue weighted by molar-refractivity contribution is 5.97. The van der Waals surface area contributed by atoms with Gasteiger partial charge in [-0.2, -0.15) is 13.2 Å². The van der Waals surface area contributed by atoms with Crippen LogP contribution in [0.25, 0.3) is 5.65 Å². The quantitative estimate of drug-likeness (QED) is 0.696. The fourth-order valence-electron chi connectivity index (χ4n) is 1.59. The molecule has 20 heavy (non-hydrogen) atoms. The number of carbonyl (C=O) groups excluding carboxylic acids is 1. The molecule has 0 amide bonds. The zero-order chi connectivity index (χ0) is 15.1. The highest BCUT2D eigenvalue weighted by atomic mass is 19.4. The van der Waals surface area contributed by atoms with Crippen LogP contribution in [0.3, 0.4) is 0 Å². The van der Waals surface area contributed by atoms with Crippen LogP contribution in [0.4, 0.5) is 22.0 Å². The van der Waals surface area contributed by atoms with Crippen molar-refractivity contribution in [2.45, 2.75) is 19.5 Å². The van der Waals surface area contributed by atoms with E-state index in [2.05, 4.69) is 14.9 Å². The van der Waals surface area contributed by atoms with Gasteiger partial charge in [-0.15, -0.1) is 10.2 Å². The molecular formula is C9H7F5N4O2. The Kier molecular flexibility index (Phi) is 3.36. The number of carbonyl (C=O) groups is 1. The second-order valence-electron chi connectivity index (χ2n) is 3.60. The topological polar surface area (TPSA) is 72.3 Å². The van der Waals surface area contributed by atoms with Crippen molar-refractivity contribution >= 4 is 11.6 Å². The number of alkyl halides is 5. The van der Waals surface area contributed by atoms with E-state index in [0.717, 1.165) is 0 Å². The Labute approximate surface area is 107 Å². The van der Waals surface area contributed by atoms with Crippen molar-refractivity contribution in [3.8, 4) is 0 Å². The number of nitrogens with one attached hydrogen (secondary N) is 1. The molecule has 0 radical (unpaired) electrons. The molecule has 2 aromatic heterocycles.